The number of carbonyl (C=O) groups excluding carboxylic acids is 1. The Morgan fingerprint density at radius 2 is 1.93 bits per heavy atom. The van der Waals surface area contributed by atoms with Crippen LogP contribution >= 0.6 is 0 Å². The zero-order valence-electron chi connectivity index (χ0n) is 24.6. The number of aliphatic hydroxyl groups is 1. The lowest BCUT2D eigenvalue weighted by molar-refractivity contribution is -0.128. The SMILES string of the molecule is C=C1CCC(c2cnc3ccc([C@]4(O)CCN(Cc5ccc(-c6nnc(C7CC7)o6)cc5)CC4(C)C)c(F)c3c2)C(=O)N1. The van der Waals surface area contributed by atoms with Crippen molar-refractivity contribution in [2.24, 2.45) is 5.41 Å². The maximum Gasteiger partial charge on any atom is 0.247 e. The Morgan fingerprint density at radius 1 is 1.14 bits per heavy atom. The van der Waals surface area contributed by atoms with Gasteiger partial charge in [0, 0.05) is 59.4 Å². The lowest BCUT2D eigenvalue weighted by Gasteiger charge is -2.50. The average Bonchev–Trinajstić information content (AvgIpc) is 3.72. The van der Waals surface area contributed by atoms with Gasteiger partial charge in [0.2, 0.25) is 17.7 Å². The van der Waals surface area contributed by atoms with Crippen LogP contribution < -0.4 is 5.32 Å². The van der Waals surface area contributed by atoms with Crippen LogP contribution in [0.5, 0.6) is 0 Å². The standard InChI is InChI=1S/C34H36FN5O3/c1-20-4-11-25(30(41)37-20)24-16-26-28(36-17-24)13-12-27(29(26)35)34(42)14-15-40(19-33(34,2)3)18-21-5-7-22(8-6-21)31-38-39-32(43-31)23-9-10-23/h5-8,12-13,16-17,23,25,42H,1,4,9-11,14-15,18-19H2,2-3H3,(H,37,41)/t25?,34-/m1/s1. The van der Waals surface area contributed by atoms with Gasteiger partial charge in [-0.2, -0.15) is 0 Å². The maximum absolute atomic E-state index is 16.3. The van der Waals surface area contributed by atoms with Gasteiger partial charge in [-0.25, -0.2) is 4.39 Å². The number of carbonyl (C=O) groups is 1. The Morgan fingerprint density at radius 3 is 2.65 bits per heavy atom. The van der Waals surface area contributed by atoms with E-state index in [4.69, 9.17) is 4.42 Å². The van der Waals surface area contributed by atoms with Gasteiger partial charge in [0.1, 0.15) is 5.82 Å². The predicted octanol–water partition coefficient (Wildman–Crippen LogP) is 5.93. The topological polar surface area (TPSA) is 104 Å². The first-order valence-corrected chi connectivity index (χ1v) is 15.1. The molecular weight excluding hydrogens is 545 g/mol. The van der Waals surface area contributed by atoms with Gasteiger partial charge in [-0.3, -0.25) is 14.7 Å². The van der Waals surface area contributed by atoms with Crippen LogP contribution in [0.1, 0.15) is 80.4 Å². The number of fused-ring (bicyclic) bond motifs is 1. The third kappa shape index (κ3) is 5.04. The van der Waals surface area contributed by atoms with Crippen molar-refractivity contribution in [2.75, 3.05) is 13.1 Å². The summed E-state index contributed by atoms with van der Waals surface area (Å²) in [6.07, 6.45) is 5.54. The van der Waals surface area contributed by atoms with E-state index in [1.165, 1.54) is 0 Å². The molecule has 222 valence electrons. The van der Waals surface area contributed by atoms with Crippen LogP contribution in [0, 0.1) is 11.2 Å². The van der Waals surface area contributed by atoms with Gasteiger partial charge in [-0.15, -0.1) is 10.2 Å². The molecule has 8 nitrogen and oxygen atoms in total. The van der Waals surface area contributed by atoms with E-state index in [2.05, 4.69) is 44.1 Å². The third-order valence-electron chi connectivity index (χ3n) is 9.52. The number of piperidine rings is 2. The maximum atomic E-state index is 16.3. The molecule has 9 heteroatoms. The van der Waals surface area contributed by atoms with E-state index < -0.39 is 22.8 Å². The summed E-state index contributed by atoms with van der Waals surface area (Å²) in [6, 6.07) is 13.3. The first-order valence-electron chi connectivity index (χ1n) is 15.1. The number of likely N-dealkylation sites (tertiary alicyclic amines) is 1. The van der Waals surface area contributed by atoms with Crippen LogP contribution in [0.3, 0.4) is 0 Å². The molecule has 1 saturated carbocycles. The van der Waals surface area contributed by atoms with Crippen LogP contribution in [-0.4, -0.2) is 44.2 Å². The highest BCUT2D eigenvalue weighted by molar-refractivity contribution is 5.88. The number of allylic oxidation sites excluding steroid dienone is 1. The largest absolute Gasteiger partial charge is 0.420 e. The van der Waals surface area contributed by atoms with Crippen molar-refractivity contribution in [1.82, 2.24) is 25.4 Å². The third-order valence-corrected chi connectivity index (χ3v) is 9.52. The number of rotatable bonds is 6. The van der Waals surface area contributed by atoms with Gasteiger partial charge in [0.25, 0.3) is 0 Å². The van der Waals surface area contributed by atoms with E-state index in [0.29, 0.717) is 72.9 Å². The Labute approximate surface area is 250 Å². The molecular formula is C34H36FN5O3. The van der Waals surface area contributed by atoms with Crippen molar-refractivity contribution in [3.05, 3.63) is 89.3 Å². The molecule has 2 aliphatic heterocycles. The highest BCUT2D eigenvalue weighted by atomic mass is 19.1. The summed E-state index contributed by atoms with van der Waals surface area (Å²) in [5.41, 5.74) is 2.16. The summed E-state index contributed by atoms with van der Waals surface area (Å²) in [4.78, 5) is 19.4. The number of pyridine rings is 1. The Kier molecular flexibility index (Phi) is 6.70. The molecule has 4 aromatic rings. The van der Waals surface area contributed by atoms with Crippen molar-refractivity contribution in [2.45, 2.75) is 69.9 Å². The van der Waals surface area contributed by atoms with Gasteiger partial charge in [0.15, 0.2) is 0 Å². The van der Waals surface area contributed by atoms with Gasteiger partial charge in [0.05, 0.1) is 17.0 Å². The molecule has 2 aromatic carbocycles. The molecule has 1 unspecified atom stereocenters. The fourth-order valence-electron chi connectivity index (χ4n) is 6.70. The Bertz CT molecular complexity index is 1730. The lowest BCUT2D eigenvalue weighted by Crippen LogP contribution is -2.55. The molecule has 3 fully saturated rings. The first-order chi connectivity index (χ1) is 20.6. The zero-order chi connectivity index (χ0) is 29.9. The quantitative estimate of drug-likeness (QED) is 0.291. The molecule has 2 aromatic heterocycles. The first kappa shape index (κ1) is 27.9. The number of benzene rings is 2. The molecule has 1 aliphatic carbocycles. The van der Waals surface area contributed by atoms with Crippen molar-refractivity contribution < 1.29 is 18.7 Å². The second kappa shape index (κ2) is 10.3. The summed E-state index contributed by atoms with van der Waals surface area (Å²) in [5, 5.41) is 23.6. The number of halogens is 1. The van der Waals surface area contributed by atoms with Crippen LogP contribution in [0.25, 0.3) is 22.4 Å². The second-order valence-electron chi connectivity index (χ2n) is 13.1. The van der Waals surface area contributed by atoms with Crippen molar-refractivity contribution in [3.63, 3.8) is 0 Å². The number of hydrogen-bond acceptors (Lipinski definition) is 7. The lowest BCUT2D eigenvalue weighted by atomic mass is 9.66. The molecule has 1 amide bonds. The summed E-state index contributed by atoms with van der Waals surface area (Å²) >= 11 is 0. The fraction of sp³-hybridized carbons (Fsp3) is 0.412. The normalized spacial score (nSPS) is 24.3. The smallest absolute Gasteiger partial charge is 0.247 e. The minimum atomic E-state index is -1.38. The molecule has 2 N–H and O–H groups in total. The number of hydrogen-bond donors (Lipinski definition) is 2. The predicted molar refractivity (Wildman–Crippen MR) is 160 cm³/mol. The zero-order valence-corrected chi connectivity index (χ0v) is 24.6. The van der Waals surface area contributed by atoms with Gasteiger partial charge in [-0.1, -0.05) is 38.6 Å². The monoisotopic (exact) mass is 581 g/mol. The molecule has 0 radical (unpaired) electrons. The average molecular weight is 582 g/mol. The Balaban J connectivity index is 1.09. The van der Waals surface area contributed by atoms with E-state index in [0.717, 1.165) is 29.9 Å². The second-order valence-corrected chi connectivity index (χ2v) is 13.1. The number of nitrogens with zero attached hydrogens (tertiary/aromatic N) is 4. The van der Waals surface area contributed by atoms with E-state index in [-0.39, 0.29) is 11.5 Å². The van der Waals surface area contributed by atoms with Gasteiger partial charge >= 0.3 is 0 Å². The van der Waals surface area contributed by atoms with Crippen molar-refractivity contribution in [1.29, 1.82) is 0 Å². The minimum absolute atomic E-state index is 0.145. The molecule has 2 atom stereocenters. The van der Waals surface area contributed by atoms with Gasteiger partial charge < -0.3 is 14.8 Å². The molecule has 43 heavy (non-hydrogen) atoms. The summed E-state index contributed by atoms with van der Waals surface area (Å²) in [5.74, 6) is 0.667. The van der Waals surface area contributed by atoms with Crippen LogP contribution in [-0.2, 0) is 16.9 Å². The summed E-state index contributed by atoms with van der Waals surface area (Å²) in [7, 11) is 0. The molecule has 0 spiro atoms. The van der Waals surface area contributed by atoms with Crippen LogP contribution in [0.15, 0.2) is 65.4 Å². The van der Waals surface area contributed by atoms with E-state index in [1.807, 2.05) is 26.0 Å². The molecule has 7 rings (SSSR count). The molecule has 4 heterocycles. The van der Waals surface area contributed by atoms with Crippen LogP contribution in [0.4, 0.5) is 4.39 Å². The highest BCUT2D eigenvalue weighted by Crippen LogP contribution is 2.48. The molecule has 3 aliphatic rings. The van der Waals surface area contributed by atoms with Crippen molar-refractivity contribution in [3.8, 4) is 11.5 Å². The van der Waals surface area contributed by atoms with E-state index in [9.17, 15) is 9.90 Å². The number of aromatic nitrogens is 3. The molecule has 2 saturated heterocycles. The number of amides is 1. The highest BCUT2D eigenvalue weighted by Gasteiger charge is 2.50. The Hall–Kier alpha value is -3.95. The summed E-state index contributed by atoms with van der Waals surface area (Å²) in [6.45, 7) is 9.73. The van der Waals surface area contributed by atoms with Crippen molar-refractivity contribution >= 4 is 16.8 Å². The number of nitrogens with one attached hydrogen (secondary N) is 1. The van der Waals surface area contributed by atoms with E-state index in [1.54, 1.807) is 24.4 Å². The summed E-state index contributed by atoms with van der Waals surface area (Å²) < 4.78 is 22.1. The fourth-order valence-corrected chi connectivity index (χ4v) is 6.70. The van der Waals surface area contributed by atoms with Crippen LogP contribution in [0.2, 0.25) is 0 Å². The van der Waals surface area contributed by atoms with Gasteiger partial charge in [-0.05, 0) is 67.5 Å². The van der Waals surface area contributed by atoms with E-state index >= 15 is 4.39 Å². The minimum Gasteiger partial charge on any atom is -0.420 e. The molecule has 0 bridgehead atoms.